The highest BCUT2D eigenvalue weighted by atomic mass is 16.6. The molecule has 2 atom stereocenters. The predicted octanol–water partition coefficient (Wildman–Crippen LogP) is 4.53. The summed E-state index contributed by atoms with van der Waals surface area (Å²) in [6, 6.07) is 9.54. The van der Waals surface area contributed by atoms with Gasteiger partial charge in [0.25, 0.3) is 0 Å². The van der Waals surface area contributed by atoms with Crippen LogP contribution in [0.4, 0.5) is 4.79 Å². The van der Waals surface area contributed by atoms with Gasteiger partial charge in [-0.1, -0.05) is 18.2 Å². The predicted molar refractivity (Wildman–Crippen MR) is 107 cm³/mol. The van der Waals surface area contributed by atoms with E-state index >= 15 is 0 Å². The first-order valence-electron chi connectivity index (χ1n) is 9.75. The Bertz CT molecular complexity index is 855. The van der Waals surface area contributed by atoms with E-state index in [0.29, 0.717) is 5.92 Å². The summed E-state index contributed by atoms with van der Waals surface area (Å²) in [6.45, 7) is 7.27. The monoisotopic (exact) mass is 384 g/mol. The third kappa shape index (κ3) is 5.68. The third-order valence-electron chi connectivity index (χ3n) is 4.67. The second kappa shape index (κ2) is 8.17. The number of ether oxygens (including phenoxy) is 2. The van der Waals surface area contributed by atoms with Crippen molar-refractivity contribution in [1.82, 2.24) is 10.3 Å². The Kier molecular flexibility index (Phi) is 5.87. The minimum absolute atomic E-state index is 0.134. The lowest BCUT2D eigenvalue weighted by Gasteiger charge is -2.23. The van der Waals surface area contributed by atoms with E-state index in [1.54, 1.807) is 6.20 Å². The maximum atomic E-state index is 12.5. The molecule has 3 rings (SSSR count). The lowest BCUT2D eigenvalue weighted by molar-refractivity contribution is -0.149. The number of para-hydroxylation sites is 1. The van der Waals surface area contributed by atoms with Crippen molar-refractivity contribution in [2.75, 3.05) is 0 Å². The van der Waals surface area contributed by atoms with E-state index < -0.39 is 17.8 Å². The molecule has 1 N–H and O–H groups in total. The zero-order valence-electron chi connectivity index (χ0n) is 16.9. The topological polar surface area (TPSA) is 77.5 Å². The Morgan fingerprint density at radius 1 is 1.25 bits per heavy atom. The summed E-state index contributed by atoms with van der Waals surface area (Å²) in [7, 11) is 0. The molecule has 6 heteroatoms. The fourth-order valence-electron chi connectivity index (χ4n) is 3.10. The fourth-order valence-corrected chi connectivity index (χ4v) is 3.10. The van der Waals surface area contributed by atoms with Crippen LogP contribution in [0.3, 0.4) is 0 Å². The molecule has 1 aromatic carbocycles. The highest BCUT2D eigenvalue weighted by Crippen LogP contribution is 2.34. The molecule has 0 aliphatic heterocycles. The molecule has 1 fully saturated rings. The lowest BCUT2D eigenvalue weighted by Crippen LogP contribution is -2.41. The number of rotatable bonds is 6. The number of esters is 1. The standard InChI is InChI=1S/C22H28N2O4/c1-14(17-11-16-7-5-6-8-18(16)23-13-17)27-20(25)12-19(15-9-10-15)24-21(26)28-22(2,3)4/h5-8,11,13-15,19H,9-10,12H2,1-4H3,(H,24,26)/t14-,19-/m1/s1. The molecule has 0 saturated heterocycles. The number of amides is 1. The number of pyridine rings is 1. The van der Waals surface area contributed by atoms with Crippen LogP contribution >= 0.6 is 0 Å². The second-order valence-electron chi connectivity index (χ2n) is 8.39. The van der Waals surface area contributed by atoms with Gasteiger partial charge in [-0.25, -0.2) is 4.79 Å². The van der Waals surface area contributed by atoms with Crippen LogP contribution in [0.1, 0.15) is 58.6 Å². The van der Waals surface area contributed by atoms with Crippen LogP contribution < -0.4 is 5.32 Å². The van der Waals surface area contributed by atoms with E-state index in [2.05, 4.69) is 10.3 Å². The van der Waals surface area contributed by atoms with E-state index in [1.807, 2.05) is 58.0 Å². The van der Waals surface area contributed by atoms with Crippen LogP contribution in [-0.2, 0) is 14.3 Å². The van der Waals surface area contributed by atoms with E-state index in [9.17, 15) is 9.59 Å². The average molecular weight is 384 g/mol. The molecule has 28 heavy (non-hydrogen) atoms. The number of carbonyl (C=O) groups excluding carboxylic acids is 2. The van der Waals surface area contributed by atoms with Crippen molar-refractivity contribution in [3.8, 4) is 0 Å². The smallest absolute Gasteiger partial charge is 0.407 e. The number of fused-ring (bicyclic) bond motifs is 1. The molecule has 2 aromatic rings. The van der Waals surface area contributed by atoms with Gasteiger partial charge in [-0.3, -0.25) is 9.78 Å². The molecular formula is C22H28N2O4. The number of hydrogen-bond donors (Lipinski definition) is 1. The minimum Gasteiger partial charge on any atom is -0.458 e. The number of carbonyl (C=O) groups is 2. The van der Waals surface area contributed by atoms with Crippen LogP contribution in [0.15, 0.2) is 36.5 Å². The van der Waals surface area contributed by atoms with Crippen LogP contribution in [0.2, 0.25) is 0 Å². The van der Waals surface area contributed by atoms with E-state index in [4.69, 9.17) is 9.47 Å². The zero-order valence-corrected chi connectivity index (χ0v) is 16.9. The van der Waals surface area contributed by atoms with E-state index in [-0.39, 0.29) is 18.4 Å². The first-order chi connectivity index (χ1) is 13.2. The Balaban J connectivity index is 1.58. The van der Waals surface area contributed by atoms with Crippen molar-refractivity contribution in [3.63, 3.8) is 0 Å². The van der Waals surface area contributed by atoms with Gasteiger partial charge in [0.05, 0.1) is 11.9 Å². The highest BCUT2D eigenvalue weighted by molar-refractivity contribution is 5.79. The maximum absolute atomic E-state index is 12.5. The summed E-state index contributed by atoms with van der Waals surface area (Å²) in [5.74, 6) is -0.0358. The summed E-state index contributed by atoms with van der Waals surface area (Å²) in [4.78, 5) is 28.9. The van der Waals surface area contributed by atoms with E-state index in [0.717, 1.165) is 29.3 Å². The van der Waals surface area contributed by atoms with Crippen LogP contribution in [-0.4, -0.2) is 28.7 Å². The van der Waals surface area contributed by atoms with Crippen LogP contribution in [0.25, 0.3) is 10.9 Å². The van der Waals surface area contributed by atoms with Gasteiger partial charge >= 0.3 is 12.1 Å². The van der Waals surface area contributed by atoms with Gasteiger partial charge in [0.1, 0.15) is 11.7 Å². The molecule has 0 spiro atoms. The molecule has 0 radical (unpaired) electrons. The number of alkyl carbamates (subject to hydrolysis) is 1. The Morgan fingerprint density at radius 3 is 2.64 bits per heavy atom. The van der Waals surface area contributed by atoms with Gasteiger partial charge in [0.15, 0.2) is 0 Å². The minimum atomic E-state index is -0.573. The molecule has 1 heterocycles. The second-order valence-corrected chi connectivity index (χ2v) is 8.39. The normalized spacial score (nSPS) is 16.3. The number of aromatic nitrogens is 1. The molecule has 1 saturated carbocycles. The fraction of sp³-hybridized carbons (Fsp3) is 0.500. The molecule has 6 nitrogen and oxygen atoms in total. The lowest BCUT2D eigenvalue weighted by atomic mass is 10.1. The highest BCUT2D eigenvalue weighted by Gasteiger charge is 2.35. The quantitative estimate of drug-likeness (QED) is 0.740. The number of nitrogens with one attached hydrogen (secondary N) is 1. The van der Waals surface area contributed by atoms with Gasteiger partial charge in [0.2, 0.25) is 0 Å². The van der Waals surface area contributed by atoms with Gasteiger partial charge < -0.3 is 14.8 Å². The number of nitrogens with zero attached hydrogens (tertiary/aromatic N) is 1. The molecule has 1 amide bonds. The van der Waals surface area contributed by atoms with Gasteiger partial charge in [-0.05, 0) is 58.6 Å². The van der Waals surface area contributed by atoms with Crippen molar-refractivity contribution < 1.29 is 19.1 Å². The Hall–Kier alpha value is -2.63. The Morgan fingerprint density at radius 2 is 1.96 bits per heavy atom. The summed E-state index contributed by atoms with van der Waals surface area (Å²) in [5.41, 5.74) is 1.17. The molecular weight excluding hydrogens is 356 g/mol. The largest absolute Gasteiger partial charge is 0.458 e. The first kappa shape index (κ1) is 20.1. The Labute approximate surface area is 165 Å². The molecule has 1 aliphatic carbocycles. The van der Waals surface area contributed by atoms with Gasteiger partial charge in [-0.15, -0.1) is 0 Å². The summed E-state index contributed by atoms with van der Waals surface area (Å²) in [5, 5.41) is 3.83. The summed E-state index contributed by atoms with van der Waals surface area (Å²) >= 11 is 0. The van der Waals surface area contributed by atoms with Crippen LogP contribution in [0.5, 0.6) is 0 Å². The van der Waals surface area contributed by atoms with Gasteiger partial charge in [-0.2, -0.15) is 0 Å². The summed E-state index contributed by atoms with van der Waals surface area (Å²) in [6.07, 6.45) is 2.96. The van der Waals surface area contributed by atoms with Crippen molar-refractivity contribution >= 4 is 23.0 Å². The molecule has 1 aliphatic rings. The third-order valence-corrected chi connectivity index (χ3v) is 4.67. The van der Waals surface area contributed by atoms with Crippen molar-refractivity contribution in [3.05, 3.63) is 42.1 Å². The van der Waals surface area contributed by atoms with Crippen molar-refractivity contribution in [2.45, 2.75) is 64.7 Å². The number of hydrogen-bond acceptors (Lipinski definition) is 5. The molecule has 1 aromatic heterocycles. The molecule has 0 unspecified atom stereocenters. The van der Waals surface area contributed by atoms with Gasteiger partial charge in [0, 0.05) is 23.2 Å². The zero-order chi connectivity index (χ0) is 20.3. The van der Waals surface area contributed by atoms with Crippen LogP contribution in [0, 0.1) is 5.92 Å². The average Bonchev–Trinajstić information content (AvgIpc) is 3.44. The maximum Gasteiger partial charge on any atom is 0.407 e. The van der Waals surface area contributed by atoms with Crippen molar-refractivity contribution in [2.24, 2.45) is 5.92 Å². The SMILES string of the molecule is C[C@@H](OC(=O)C[C@@H](NC(=O)OC(C)(C)C)C1CC1)c1cnc2ccccc2c1. The molecule has 0 bridgehead atoms. The molecule has 150 valence electrons. The first-order valence-corrected chi connectivity index (χ1v) is 9.75. The van der Waals surface area contributed by atoms with E-state index in [1.165, 1.54) is 0 Å². The van der Waals surface area contributed by atoms with Crippen molar-refractivity contribution in [1.29, 1.82) is 0 Å². The summed E-state index contributed by atoms with van der Waals surface area (Å²) < 4.78 is 10.9. The number of benzene rings is 1.